The minimum absolute atomic E-state index is 0.0301. The number of hydrogen-bond acceptors (Lipinski definition) is 6. The van der Waals surface area contributed by atoms with Crippen molar-refractivity contribution in [2.24, 2.45) is 5.92 Å². The van der Waals surface area contributed by atoms with Crippen molar-refractivity contribution in [1.82, 2.24) is 9.80 Å². The number of thioether (sulfide) groups is 1. The van der Waals surface area contributed by atoms with Crippen molar-refractivity contribution in [2.45, 2.75) is 38.0 Å². The van der Waals surface area contributed by atoms with E-state index in [9.17, 15) is 9.59 Å². The van der Waals surface area contributed by atoms with Gasteiger partial charge in [-0.05, 0) is 63.5 Å². The zero-order chi connectivity index (χ0) is 24.6. The van der Waals surface area contributed by atoms with Crippen molar-refractivity contribution in [2.75, 3.05) is 45.6 Å². The van der Waals surface area contributed by atoms with Crippen LogP contribution in [-0.2, 0) is 4.79 Å². The van der Waals surface area contributed by atoms with Crippen LogP contribution in [0.1, 0.15) is 53.9 Å². The van der Waals surface area contributed by atoms with Gasteiger partial charge in [0, 0.05) is 36.3 Å². The van der Waals surface area contributed by atoms with Gasteiger partial charge in [0.1, 0.15) is 16.9 Å². The van der Waals surface area contributed by atoms with Gasteiger partial charge in [0.25, 0.3) is 0 Å². The number of amides is 1. The first-order chi connectivity index (χ1) is 17.1. The normalized spacial score (nSPS) is 19.0. The number of benzene rings is 2. The predicted molar refractivity (Wildman–Crippen MR) is 140 cm³/mol. The van der Waals surface area contributed by atoms with E-state index >= 15 is 0 Å². The van der Waals surface area contributed by atoms with Gasteiger partial charge >= 0.3 is 0 Å². The number of rotatable bonds is 10. The maximum atomic E-state index is 12.7. The summed E-state index contributed by atoms with van der Waals surface area (Å²) in [6.07, 6.45) is 3.89. The molecule has 35 heavy (non-hydrogen) atoms. The minimum Gasteiger partial charge on any atom is -0.497 e. The van der Waals surface area contributed by atoms with Crippen LogP contribution >= 0.6 is 11.8 Å². The molecule has 2 saturated heterocycles. The molecule has 0 aliphatic carbocycles. The monoisotopic (exact) mass is 496 g/mol. The van der Waals surface area contributed by atoms with Gasteiger partial charge in [-0.3, -0.25) is 9.59 Å². The number of ether oxygens (including phenoxy) is 2. The lowest BCUT2D eigenvalue weighted by Crippen LogP contribution is -2.37. The molecule has 0 bridgehead atoms. The fraction of sp³-hybridized carbons (Fsp3) is 0.500. The standard InChI is InChI=1S/C28H36N2O4S/c1-21(31)30-17-19-35-28(30)25-20-24(33-2)10-11-26(25)34-18-7-6-14-29-15-12-23(13-16-29)27(32)22-8-4-3-5-9-22/h3-5,8-11,20,23,28H,6-7,12-19H2,1-2H3. The fourth-order valence-electron chi connectivity index (χ4n) is 4.90. The van der Waals surface area contributed by atoms with E-state index in [0.29, 0.717) is 6.61 Å². The number of likely N-dealkylation sites (tertiary alicyclic amines) is 1. The van der Waals surface area contributed by atoms with Crippen LogP contribution in [0.15, 0.2) is 48.5 Å². The van der Waals surface area contributed by atoms with Crippen LogP contribution in [0, 0.1) is 5.92 Å². The van der Waals surface area contributed by atoms with Crippen LogP contribution in [-0.4, -0.2) is 67.1 Å². The van der Waals surface area contributed by atoms with Gasteiger partial charge in [0.2, 0.25) is 5.91 Å². The highest BCUT2D eigenvalue weighted by Gasteiger charge is 2.31. The molecule has 1 unspecified atom stereocenters. The molecular formula is C28H36N2O4S. The lowest BCUT2D eigenvalue weighted by molar-refractivity contribution is -0.128. The highest BCUT2D eigenvalue weighted by atomic mass is 32.2. The zero-order valence-corrected chi connectivity index (χ0v) is 21.6. The summed E-state index contributed by atoms with van der Waals surface area (Å²) in [5, 5.41) is -0.0301. The topological polar surface area (TPSA) is 59.1 Å². The number of ketones is 1. The van der Waals surface area contributed by atoms with Crippen LogP contribution < -0.4 is 9.47 Å². The number of hydrogen-bond donors (Lipinski definition) is 0. The van der Waals surface area contributed by atoms with E-state index < -0.39 is 0 Å². The van der Waals surface area contributed by atoms with Crippen LogP contribution in [0.2, 0.25) is 0 Å². The predicted octanol–water partition coefficient (Wildman–Crippen LogP) is 5.04. The summed E-state index contributed by atoms with van der Waals surface area (Å²) in [4.78, 5) is 29.2. The number of nitrogens with zero attached hydrogens (tertiary/aromatic N) is 2. The smallest absolute Gasteiger partial charge is 0.220 e. The Morgan fingerprint density at radius 1 is 1.03 bits per heavy atom. The Morgan fingerprint density at radius 2 is 1.80 bits per heavy atom. The average Bonchev–Trinajstić information content (AvgIpc) is 3.39. The Bertz CT molecular complexity index is 992. The van der Waals surface area contributed by atoms with Gasteiger partial charge in [-0.15, -0.1) is 11.8 Å². The molecule has 4 rings (SSSR count). The third kappa shape index (κ3) is 6.58. The van der Waals surface area contributed by atoms with Crippen molar-refractivity contribution in [3.8, 4) is 11.5 Å². The molecule has 0 N–H and O–H groups in total. The molecule has 1 atom stereocenters. The lowest BCUT2D eigenvalue weighted by atomic mass is 9.89. The summed E-state index contributed by atoms with van der Waals surface area (Å²) >= 11 is 1.77. The van der Waals surface area contributed by atoms with E-state index in [1.807, 2.05) is 53.4 Å². The number of carbonyl (C=O) groups excluding carboxylic acids is 2. The summed E-state index contributed by atoms with van der Waals surface area (Å²) in [5.41, 5.74) is 1.84. The third-order valence-electron chi connectivity index (χ3n) is 6.92. The number of Topliss-reactive ketones (excluding diaryl/α,β-unsaturated/α-hetero) is 1. The summed E-state index contributed by atoms with van der Waals surface area (Å²) in [7, 11) is 1.66. The second-order valence-electron chi connectivity index (χ2n) is 9.24. The Morgan fingerprint density at radius 3 is 2.51 bits per heavy atom. The number of methoxy groups -OCH3 is 1. The number of unbranched alkanes of at least 4 members (excludes halogenated alkanes) is 1. The van der Waals surface area contributed by atoms with Gasteiger partial charge in [0.05, 0.1) is 13.7 Å². The van der Waals surface area contributed by atoms with Crippen LogP contribution in [0.4, 0.5) is 0 Å². The molecule has 0 radical (unpaired) electrons. The highest BCUT2D eigenvalue weighted by Crippen LogP contribution is 2.43. The first kappa shape index (κ1) is 25.6. The molecule has 0 spiro atoms. The van der Waals surface area contributed by atoms with Gasteiger partial charge in [-0.25, -0.2) is 0 Å². The van der Waals surface area contributed by atoms with Crippen LogP contribution in [0.25, 0.3) is 0 Å². The fourth-order valence-corrected chi connectivity index (χ4v) is 6.23. The molecule has 2 fully saturated rings. The first-order valence-corrected chi connectivity index (χ1v) is 13.6. The van der Waals surface area contributed by atoms with Crippen molar-refractivity contribution in [3.63, 3.8) is 0 Å². The van der Waals surface area contributed by atoms with Crippen molar-refractivity contribution < 1.29 is 19.1 Å². The van der Waals surface area contributed by atoms with Crippen molar-refractivity contribution >= 4 is 23.5 Å². The molecule has 2 aromatic carbocycles. The van der Waals surface area contributed by atoms with E-state index in [1.54, 1.807) is 25.8 Å². The first-order valence-electron chi connectivity index (χ1n) is 12.6. The van der Waals surface area contributed by atoms with E-state index in [1.165, 1.54) is 0 Å². The molecular weight excluding hydrogens is 460 g/mol. The minimum atomic E-state index is -0.0301. The zero-order valence-electron chi connectivity index (χ0n) is 20.8. The Kier molecular flexibility index (Phi) is 9.10. The maximum Gasteiger partial charge on any atom is 0.220 e. The SMILES string of the molecule is COc1ccc(OCCCCN2CCC(C(=O)c3ccccc3)CC2)c(C2SCCN2C(C)=O)c1. The van der Waals surface area contributed by atoms with E-state index in [0.717, 1.165) is 80.2 Å². The second-order valence-corrected chi connectivity index (χ2v) is 10.4. The molecule has 188 valence electrons. The number of piperidine rings is 1. The van der Waals surface area contributed by atoms with Gasteiger partial charge in [-0.2, -0.15) is 0 Å². The number of carbonyl (C=O) groups is 2. The molecule has 6 nitrogen and oxygen atoms in total. The molecule has 2 aliphatic rings. The molecule has 7 heteroatoms. The van der Waals surface area contributed by atoms with Gasteiger partial charge in [-0.1, -0.05) is 30.3 Å². The summed E-state index contributed by atoms with van der Waals surface area (Å²) in [6, 6.07) is 15.5. The molecule has 1 amide bonds. The molecule has 2 aliphatic heterocycles. The third-order valence-corrected chi connectivity index (χ3v) is 8.16. The lowest BCUT2D eigenvalue weighted by Gasteiger charge is -2.31. The van der Waals surface area contributed by atoms with E-state index in [4.69, 9.17) is 9.47 Å². The Balaban J connectivity index is 1.22. The van der Waals surface area contributed by atoms with Gasteiger partial charge in [0.15, 0.2) is 5.78 Å². The van der Waals surface area contributed by atoms with E-state index in [-0.39, 0.29) is 23.0 Å². The van der Waals surface area contributed by atoms with Crippen molar-refractivity contribution in [1.29, 1.82) is 0 Å². The van der Waals surface area contributed by atoms with Crippen molar-refractivity contribution in [3.05, 3.63) is 59.7 Å². The molecule has 2 heterocycles. The molecule has 0 aromatic heterocycles. The Labute approximate surface area is 213 Å². The quantitative estimate of drug-likeness (QED) is 0.339. The Hall–Kier alpha value is -2.51. The summed E-state index contributed by atoms with van der Waals surface area (Å²) < 4.78 is 11.6. The largest absolute Gasteiger partial charge is 0.497 e. The van der Waals surface area contributed by atoms with Crippen LogP contribution in [0.3, 0.4) is 0 Å². The van der Waals surface area contributed by atoms with E-state index in [2.05, 4.69) is 4.90 Å². The highest BCUT2D eigenvalue weighted by molar-refractivity contribution is 7.99. The molecule has 2 aromatic rings. The average molecular weight is 497 g/mol. The summed E-state index contributed by atoms with van der Waals surface area (Å²) in [6.45, 7) is 6.01. The summed E-state index contributed by atoms with van der Waals surface area (Å²) in [5.74, 6) is 3.05. The molecule has 0 saturated carbocycles. The van der Waals surface area contributed by atoms with Gasteiger partial charge < -0.3 is 19.3 Å². The second kappa shape index (κ2) is 12.5. The maximum absolute atomic E-state index is 12.7. The van der Waals surface area contributed by atoms with Crippen LogP contribution in [0.5, 0.6) is 11.5 Å².